The third kappa shape index (κ3) is 99.5. The summed E-state index contributed by atoms with van der Waals surface area (Å²) in [7, 11) is -44.8. The van der Waals surface area contributed by atoms with Crippen molar-refractivity contribution in [2.75, 3.05) is 0 Å². The second-order valence-electron chi connectivity index (χ2n) is 43.5. The highest BCUT2D eigenvalue weighted by Crippen LogP contribution is 2.35. The first kappa shape index (κ1) is 208. The lowest BCUT2D eigenvalue weighted by Gasteiger charge is -2.41. The van der Waals surface area contributed by atoms with Crippen LogP contribution in [-0.4, -0.2) is 202 Å². The van der Waals surface area contributed by atoms with Crippen molar-refractivity contribution in [1.82, 2.24) is 0 Å². The normalized spacial score (nSPS) is 12.1. The minimum atomic E-state index is -2.13. The summed E-state index contributed by atoms with van der Waals surface area (Å²) in [5, 5.41) is 0. The molecule has 0 aromatic heterocycles. The molecule has 0 saturated carbocycles. The molecule has 148 heavy (non-hydrogen) atoms. The van der Waals surface area contributed by atoms with E-state index in [0.29, 0.717) is 0 Å². The highest BCUT2D eigenvalue weighted by Gasteiger charge is 2.49. The Labute approximate surface area is 965 Å². The molecule has 0 saturated heterocycles. The summed E-state index contributed by atoms with van der Waals surface area (Å²) in [6.45, 7) is 166. The van der Waals surface area contributed by atoms with Crippen molar-refractivity contribution < 1.29 is 65.8 Å². The first-order valence-electron chi connectivity index (χ1n) is 48.3. The maximum Gasteiger partial charge on any atom is 0.318 e. The molecule has 0 rings (SSSR count). The Hall–Kier alpha value is 0.405. The molecule has 0 heterocycles. The summed E-state index contributed by atoms with van der Waals surface area (Å²) in [4.78, 5) is 0. The highest BCUT2D eigenvalue weighted by molar-refractivity contribution is 6.97. The van der Waals surface area contributed by atoms with Crippen LogP contribution >= 0.6 is 0 Å². The first-order chi connectivity index (χ1) is 58.9. The molecule has 16 nitrogen and oxygen atoms in total. The monoisotopic (exact) mass is 2510 g/mol. The average Bonchev–Trinajstić information content (AvgIpc) is 0.813. The molecule has 40 heteroatoms. The van der Waals surface area contributed by atoms with Gasteiger partial charge in [0.2, 0.25) is 25.0 Å². The molecule has 0 aliphatic rings. The van der Waals surface area contributed by atoms with E-state index in [-0.39, 0.29) is 119 Å². The summed E-state index contributed by atoms with van der Waals surface area (Å²) in [6, 6.07) is 10.6. The molecule has 0 spiro atoms. The van der Waals surface area contributed by atoms with Gasteiger partial charge in [-0.05, 0) is 309 Å². The first-order valence-corrected chi connectivity index (χ1v) is 116. The second kappa shape index (κ2) is 89.0. The zero-order valence-electron chi connectivity index (χ0n) is 95.6. The Balaban J connectivity index is -0.0000000532. The van der Waals surface area contributed by atoms with E-state index in [1.165, 1.54) is 0 Å². The van der Waals surface area contributed by atoms with Crippen molar-refractivity contribution in [3.8, 4) is 0 Å². The maximum atomic E-state index is 6.62. The van der Waals surface area contributed by atoms with Crippen LogP contribution in [0.25, 0.3) is 0 Å². The summed E-state index contributed by atoms with van der Waals surface area (Å²) in [5.41, 5.74) is 31.8. The van der Waals surface area contributed by atoms with Crippen LogP contribution in [0.4, 0.5) is 0 Å². The third-order valence-electron chi connectivity index (χ3n) is 21.2. The van der Waals surface area contributed by atoms with E-state index in [4.69, 9.17) is 65.8 Å². The second-order valence-corrected chi connectivity index (χ2v) is 138. The average molecular weight is 2510 g/mol. The molecule has 0 amide bonds. The topological polar surface area (TPSA) is 148 Å². The maximum absolute atomic E-state index is 6.62. The Bertz CT molecular complexity index is 3070. The minimum Gasteiger partial charge on any atom is -0.433 e. The quantitative estimate of drug-likeness (QED) is 0.0531. The lowest BCUT2D eigenvalue weighted by atomic mass is 10.6. The Morgan fingerprint density at radius 3 is 0.311 bits per heavy atom. The number of hydrogen-bond acceptors (Lipinski definition) is 16. The van der Waals surface area contributed by atoms with Crippen molar-refractivity contribution in [3.63, 3.8) is 0 Å². The predicted molar refractivity (Wildman–Crippen MR) is 763 cm³/mol. The van der Waals surface area contributed by atoms with Crippen molar-refractivity contribution in [3.05, 3.63) is 196 Å². The molecule has 0 aliphatic heterocycles. The van der Waals surface area contributed by atoms with Gasteiger partial charge in [-0.3, -0.25) is 0 Å². The van der Waals surface area contributed by atoms with Crippen molar-refractivity contribution in [1.29, 1.82) is 0 Å². The number of hydrogen-bond donors (Lipinski definition) is 0. The van der Waals surface area contributed by atoms with Gasteiger partial charge in [-0.2, -0.15) is 0 Å². The predicted octanol–water partition coefficient (Wildman–Crippen LogP) is 43.5. The van der Waals surface area contributed by atoms with E-state index in [1.54, 1.807) is 0 Å². The zero-order chi connectivity index (χ0) is 107. The van der Waals surface area contributed by atoms with Crippen LogP contribution in [0.3, 0.4) is 0 Å². The molecule has 0 atom stereocenters. The van der Waals surface area contributed by atoms with Gasteiger partial charge in [-0.25, -0.2) is 0 Å². The van der Waals surface area contributed by atoms with E-state index in [2.05, 4.69) is 440 Å². The molecular weight excluding hydrogens is 2230 g/mol. The molecule has 0 aromatic carbocycles. The Kier molecular flexibility index (Phi) is 125. The summed E-state index contributed by atoms with van der Waals surface area (Å²) < 4.78 is 101. The molecule has 0 unspecified atom stereocenters. The zero-order valence-corrected chi connectivity index (χ0v) is 120. The standard InChI is InChI=1S/2C14H32O2Si3.2C12H28O2Si3.4C10H24O2Si3.16CH4/c1-9-13-19(14-10-2,15-17(5,6)11-3)16-18(7,8)12-4;1-9-18(10-2,11-3)15-17(7,8)16-19(12-4,13-5)14-6;1-9-15(5,6)13-16(7,8)14-17(10-2,11-3)12-4;1-9-15(5,6)13-17(11-3,12-4)14-16(7,8)10-2;4*1-9-13(3,4)11-15(7,8)12-14(5,6)10-2;;;;;;;;;;;;;;;;/h11-12H,3-4,9-10,13-14H2,1-2,5-8H3;9,12H,1,4,10-11,13-14H2,2-3,5-8H3;2*9-10H,1-2,11-12H2,3-8H3;4*9-10H,1-2H2,3-8H3;16*1H4. The fourth-order valence-electron chi connectivity index (χ4n) is 13.6. The van der Waals surface area contributed by atoms with E-state index in [1.807, 2.05) is 74.1 Å². The minimum absolute atomic E-state index is 0. The van der Waals surface area contributed by atoms with Crippen LogP contribution in [0, 0.1) is 0 Å². The van der Waals surface area contributed by atoms with Gasteiger partial charge in [0, 0.05) is 0 Å². The van der Waals surface area contributed by atoms with E-state index in [9.17, 15) is 0 Å². The molecule has 0 fully saturated rings. The van der Waals surface area contributed by atoms with Gasteiger partial charge in [0.1, 0.15) is 0 Å². The van der Waals surface area contributed by atoms with Gasteiger partial charge in [0.05, 0.1) is 0 Å². The summed E-state index contributed by atoms with van der Waals surface area (Å²) >= 11 is 0. The molecule has 0 radical (unpaired) electrons. The smallest absolute Gasteiger partial charge is 0.318 e. The van der Waals surface area contributed by atoms with Gasteiger partial charge >= 0.3 is 68.5 Å². The van der Waals surface area contributed by atoms with Crippen LogP contribution in [0.2, 0.25) is 309 Å². The van der Waals surface area contributed by atoms with Crippen LogP contribution in [0.1, 0.15) is 201 Å². The van der Waals surface area contributed by atoms with Gasteiger partial charge in [-0.1, -0.05) is 292 Å². The largest absolute Gasteiger partial charge is 0.433 e. The van der Waals surface area contributed by atoms with Crippen molar-refractivity contribution in [2.45, 2.75) is 510 Å². The van der Waals surface area contributed by atoms with Crippen molar-refractivity contribution in [2.24, 2.45) is 0 Å². The highest BCUT2D eigenvalue weighted by atomic mass is 28.5. The van der Waals surface area contributed by atoms with Crippen LogP contribution in [0.15, 0.2) is 196 Å². The number of rotatable bonds is 60. The Morgan fingerprint density at radius 2 is 0.223 bits per heavy atom. The van der Waals surface area contributed by atoms with E-state index >= 15 is 0 Å². The third-order valence-corrected chi connectivity index (χ3v) is 110. The summed E-state index contributed by atoms with van der Waals surface area (Å²) in [5.74, 6) is 0. The molecule has 0 N–H and O–H groups in total. The van der Waals surface area contributed by atoms with Gasteiger partial charge in [-0.15, -0.1) is 105 Å². The fraction of sp³-hybridized carbons (Fsp3) is 0.704. The van der Waals surface area contributed by atoms with Gasteiger partial charge in [0.15, 0.2) is 108 Å². The summed E-state index contributed by atoms with van der Waals surface area (Å²) in [6.07, 6.45) is 2.24. The molecule has 904 valence electrons. The van der Waals surface area contributed by atoms with Crippen LogP contribution in [0.5, 0.6) is 0 Å². The fourth-order valence-corrected chi connectivity index (χ4v) is 109. The molecular formula is C108H280O16Si24. The Morgan fingerprint density at radius 1 is 0.128 bits per heavy atom. The van der Waals surface area contributed by atoms with Crippen LogP contribution in [-0.2, 0) is 65.8 Å². The van der Waals surface area contributed by atoms with Gasteiger partial charge < -0.3 is 65.8 Å². The van der Waals surface area contributed by atoms with E-state index < -0.39 is 202 Å². The lowest BCUT2D eigenvalue weighted by molar-refractivity contribution is 0.373. The van der Waals surface area contributed by atoms with Crippen molar-refractivity contribution >= 4 is 202 Å². The van der Waals surface area contributed by atoms with Gasteiger partial charge in [0.25, 0.3) is 0 Å². The SMILES string of the molecule is C.C.C.C.C.C.C.C.C.C.C.C.C.C.C.C.C=C[Si](C)(C)O[Si](C)(C)O[Si](C)(C)C=C.C=C[Si](C)(C)O[Si](C)(C)O[Si](C)(C)C=C.C=C[Si](C)(C)O[Si](C)(C)O[Si](C)(C)C=C.C=C[Si](C)(C)O[Si](C)(C)O[Si](C)(C)C=C.C=C[Si](C)(C)O[Si](C)(C)O[Si](C=C)(CC)CC.C=C[Si](C)(C)O[Si](CC)(CC)O[Si](C)(C)C=C.C=C[Si](C)(C)O[Si](CCC)(CCC)O[Si](C)(C)C=C.C=C[Si](CC)(CC)O[Si](C)(C)O[Si](C=C)(CC)CC. The molecule has 0 aromatic rings. The lowest BCUT2D eigenvalue weighted by Crippen LogP contribution is -2.55. The van der Waals surface area contributed by atoms with E-state index in [0.717, 1.165) is 73.3 Å². The molecule has 0 bridgehead atoms. The molecule has 0 aliphatic carbocycles. The van der Waals surface area contributed by atoms with Crippen LogP contribution < -0.4 is 0 Å².